The van der Waals surface area contributed by atoms with Crippen LogP contribution in [-0.2, 0) is 0 Å². The van der Waals surface area contributed by atoms with Crippen LogP contribution in [0.2, 0.25) is 0 Å². The Morgan fingerprint density at radius 2 is 1.94 bits per heavy atom. The topological polar surface area (TPSA) is 71.8 Å². The molecule has 2 heterocycles. The highest BCUT2D eigenvalue weighted by Crippen LogP contribution is 2.31. The van der Waals surface area contributed by atoms with Crippen molar-refractivity contribution in [2.75, 3.05) is 0 Å². The van der Waals surface area contributed by atoms with Crippen LogP contribution in [0.5, 0.6) is 0 Å². The highest BCUT2D eigenvalue weighted by molar-refractivity contribution is 6.08. The molecule has 3 rings (SSSR count). The predicted molar refractivity (Wildman–Crippen MR) is 70.0 cm³/mol. The van der Waals surface area contributed by atoms with Crippen molar-refractivity contribution in [3.63, 3.8) is 0 Å². The summed E-state index contributed by atoms with van der Waals surface area (Å²) < 4.78 is 0. The number of aromatic nitrogens is 2. The number of amides is 1. The van der Waals surface area contributed by atoms with Crippen molar-refractivity contribution in [3.8, 4) is 11.1 Å². The van der Waals surface area contributed by atoms with Gasteiger partial charge in [-0.1, -0.05) is 30.3 Å². The van der Waals surface area contributed by atoms with Gasteiger partial charge in [0.25, 0.3) is 5.91 Å². The van der Waals surface area contributed by atoms with Gasteiger partial charge in [0.15, 0.2) is 0 Å². The van der Waals surface area contributed by atoms with Gasteiger partial charge in [0.1, 0.15) is 5.69 Å². The fourth-order valence-electron chi connectivity index (χ4n) is 2.13. The SMILES string of the molecule is NC(=O)c1[nH]c2cnccc2c1-c1ccccc1. The first-order chi connectivity index (χ1) is 8.77. The van der Waals surface area contributed by atoms with Gasteiger partial charge in [-0.15, -0.1) is 0 Å². The highest BCUT2D eigenvalue weighted by atomic mass is 16.1. The average Bonchev–Trinajstić information content (AvgIpc) is 2.79. The minimum Gasteiger partial charge on any atom is -0.364 e. The summed E-state index contributed by atoms with van der Waals surface area (Å²) in [5, 5.41) is 0.949. The molecule has 1 aromatic carbocycles. The first-order valence-corrected chi connectivity index (χ1v) is 5.58. The monoisotopic (exact) mass is 237 g/mol. The summed E-state index contributed by atoms with van der Waals surface area (Å²) in [4.78, 5) is 18.6. The van der Waals surface area contributed by atoms with E-state index in [-0.39, 0.29) is 0 Å². The minimum absolute atomic E-state index is 0.421. The number of pyridine rings is 1. The molecule has 0 aliphatic heterocycles. The van der Waals surface area contributed by atoms with E-state index in [9.17, 15) is 4.79 Å². The van der Waals surface area contributed by atoms with Crippen molar-refractivity contribution < 1.29 is 4.79 Å². The van der Waals surface area contributed by atoms with E-state index < -0.39 is 5.91 Å². The van der Waals surface area contributed by atoms with Crippen LogP contribution >= 0.6 is 0 Å². The van der Waals surface area contributed by atoms with Gasteiger partial charge in [-0.25, -0.2) is 0 Å². The number of nitrogens with zero attached hydrogens (tertiary/aromatic N) is 1. The molecule has 0 fully saturated rings. The number of benzene rings is 1. The normalized spacial score (nSPS) is 10.7. The van der Waals surface area contributed by atoms with Crippen LogP contribution in [0.15, 0.2) is 48.8 Å². The number of aromatic amines is 1. The third kappa shape index (κ3) is 1.55. The molecule has 4 nitrogen and oxygen atoms in total. The molecule has 0 saturated carbocycles. The molecule has 0 saturated heterocycles. The molecule has 0 atom stereocenters. The average molecular weight is 237 g/mol. The zero-order chi connectivity index (χ0) is 12.5. The Bertz CT molecular complexity index is 716. The summed E-state index contributed by atoms with van der Waals surface area (Å²) >= 11 is 0. The Labute approximate surface area is 103 Å². The molecule has 0 bridgehead atoms. The molecular formula is C14H11N3O. The van der Waals surface area contributed by atoms with E-state index in [2.05, 4.69) is 9.97 Å². The number of H-pyrrole nitrogens is 1. The number of carbonyl (C=O) groups excluding carboxylic acids is 1. The second kappa shape index (κ2) is 4.00. The molecule has 2 aromatic heterocycles. The second-order valence-corrected chi connectivity index (χ2v) is 4.03. The van der Waals surface area contributed by atoms with Gasteiger partial charge in [0.2, 0.25) is 0 Å². The molecule has 3 aromatic rings. The third-order valence-corrected chi connectivity index (χ3v) is 2.91. The minimum atomic E-state index is -0.468. The Morgan fingerprint density at radius 3 is 2.67 bits per heavy atom. The summed E-state index contributed by atoms with van der Waals surface area (Å²) in [6.45, 7) is 0. The van der Waals surface area contributed by atoms with Gasteiger partial charge in [0, 0.05) is 17.1 Å². The lowest BCUT2D eigenvalue weighted by atomic mass is 10.0. The second-order valence-electron chi connectivity index (χ2n) is 4.03. The molecule has 0 spiro atoms. The van der Waals surface area contributed by atoms with Gasteiger partial charge in [0.05, 0.1) is 11.7 Å². The lowest BCUT2D eigenvalue weighted by Gasteiger charge is -2.01. The fourth-order valence-corrected chi connectivity index (χ4v) is 2.13. The van der Waals surface area contributed by atoms with Gasteiger partial charge >= 0.3 is 0 Å². The van der Waals surface area contributed by atoms with E-state index in [1.807, 2.05) is 36.4 Å². The summed E-state index contributed by atoms with van der Waals surface area (Å²) in [6.07, 6.45) is 3.39. The van der Waals surface area contributed by atoms with Crippen molar-refractivity contribution in [3.05, 3.63) is 54.5 Å². The molecule has 0 unspecified atom stereocenters. The predicted octanol–water partition coefficient (Wildman–Crippen LogP) is 2.33. The van der Waals surface area contributed by atoms with E-state index in [1.165, 1.54) is 0 Å². The van der Waals surface area contributed by atoms with Crippen molar-refractivity contribution in [1.29, 1.82) is 0 Å². The summed E-state index contributed by atoms with van der Waals surface area (Å²) in [7, 11) is 0. The molecule has 3 N–H and O–H groups in total. The maximum atomic E-state index is 11.5. The Kier molecular flexibility index (Phi) is 2.34. The lowest BCUT2D eigenvalue weighted by molar-refractivity contribution is 0.0997. The van der Waals surface area contributed by atoms with E-state index >= 15 is 0 Å². The highest BCUT2D eigenvalue weighted by Gasteiger charge is 2.16. The first kappa shape index (κ1) is 10.5. The van der Waals surface area contributed by atoms with Crippen LogP contribution in [-0.4, -0.2) is 15.9 Å². The summed E-state index contributed by atoms with van der Waals surface area (Å²) in [5.41, 5.74) is 8.45. The van der Waals surface area contributed by atoms with Gasteiger partial charge in [-0.3, -0.25) is 9.78 Å². The van der Waals surface area contributed by atoms with Crippen LogP contribution in [0.3, 0.4) is 0 Å². The fraction of sp³-hybridized carbons (Fsp3) is 0. The van der Waals surface area contributed by atoms with Crippen molar-refractivity contribution in [2.24, 2.45) is 5.73 Å². The van der Waals surface area contributed by atoms with Gasteiger partial charge < -0.3 is 10.7 Å². The largest absolute Gasteiger partial charge is 0.364 e. The number of nitrogens with one attached hydrogen (secondary N) is 1. The maximum absolute atomic E-state index is 11.5. The van der Waals surface area contributed by atoms with Gasteiger partial charge in [-0.05, 0) is 11.6 Å². The number of nitrogens with two attached hydrogens (primary N) is 1. The van der Waals surface area contributed by atoms with Crippen LogP contribution in [0, 0.1) is 0 Å². The van der Waals surface area contributed by atoms with Gasteiger partial charge in [-0.2, -0.15) is 0 Å². The Hall–Kier alpha value is -2.62. The number of rotatable bonds is 2. The maximum Gasteiger partial charge on any atom is 0.265 e. The van der Waals surface area contributed by atoms with Crippen molar-refractivity contribution in [2.45, 2.75) is 0 Å². The third-order valence-electron chi connectivity index (χ3n) is 2.91. The molecular weight excluding hydrogens is 226 g/mol. The van der Waals surface area contributed by atoms with Crippen molar-refractivity contribution in [1.82, 2.24) is 9.97 Å². The van der Waals surface area contributed by atoms with Crippen LogP contribution < -0.4 is 5.73 Å². The van der Waals surface area contributed by atoms with E-state index in [0.29, 0.717) is 5.69 Å². The number of hydrogen-bond donors (Lipinski definition) is 2. The smallest absolute Gasteiger partial charge is 0.265 e. The molecule has 0 aliphatic carbocycles. The van der Waals surface area contributed by atoms with E-state index in [4.69, 9.17) is 5.73 Å². The quantitative estimate of drug-likeness (QED) is 0.718. The van der Waals surface area contributed by atoms with Crippen LogP contribution in [0.25, 0.3) is 22.0 Å². The Balaban J connectivity index is 2.38. The van der Waals surface area contributed by atoms with Crippen LogP contribution in [0.4, 0.5) is 0 Å². The standard InChI is InChI=1S/C14H11N3O/c15-14(18)13-12(9-4-2-1-3-5-9)10-6-7-16-8-11(10)17-13/h1-8,17H,(H2,15,18). The zero-order valence-electron chi connectivity index (χ0n) is 9.55. The van der Waals surface area contributed by atoms with Crippen LogP contribution in [0.1, 0.15) is 10.5 Å². The van der Waals surface area contributed by atoms with E-state index in [1.54, 1.807) is 12.4 Å². The molecule has 1 amide bonds. The molecule has 4 heteroatoms. The molecule has 0 aliphatic rings. The number of primary amides is 1. The van der Waals surface area contributed by atoms with Crippen molar-refractivity contribution >= 4 is 16.8 Å². The molecule has 18 heavy (non-hydrogen) atoms. The summed E-state index contributed by atoms with van der Waals surface area (Å²) in [6, 6.07) is 11.6. The summed E-state index contributed by atoms with van der Waals surface area (Å²) in [5.74, 6) is -0.468. The first-order valence-electron chi connectivity index (χ1n) is 5.58. The molecule has 88 valence electrons. The Morgan fingerprint density at radius 1 is 1.17 bits per heavy atom. The molecule has 0 radical (unpaired) electrons. The number of fused-ring (bicyclic) bond motifs is 1. The number of hydrogen-bond acceptors (Lipinski definition) is 2. The lowest BCUT2D eigenvalue weighted by Crippen LogP contribution is -2.12. The number of carbonyl (C=O) groups is 1. The zero-order valence-corrected chi connectivity index (χ0v) is 9.55. The van der Waals surface area contributed by atoms with E-state index in [0.717, 1.165) is 22.0 Å².